The molecule has 1 saturated heterocycles. The SMILES string of the molecule is CC(=O)OC1=CC(=O)C2=C(C1=O)[C@]13CCC[C@](C)(C(=O)OC1)[C@@H]3C=C2. The Kier molecular flexibility index (Phi) is 3.20. The van der Waals surface area contributed by atoms with Crippen molar-refractivity contribution in [1.82, 2.24) is 0 Å². The van der Waals surface area contributed by atoms with Crippen LogP contribution < -0.4 is 0 Å². The number of hydrogen-bond acceptors (Lipinski definition) is 6. The van der Waals surface area contributed by atoms with Crippen LogP contribution in [-0.2, 0) is 28.7 Å². The lowest BCUT2D eigenvalue weighted by molar-refractivity contribution is -0.185. The lowest BCUT2D eigenvalue weighted by Crippen LogP contribution is -2.59. The van der Waals surface area contributed by atoms with E-state index in [1.807, 2.05) is 13.0 Å². The number of hydrogen-bond donors (Lipinski definition) is 0. The summed E-state index contributed by atoms with van der Waals surface area (Å²) in [6, 6.07) is 0. The van der Waals surface area contributed by atoms with Gasteiger partial charge in [-0.15, -0.1) is 0 Å². The second kappa shape index (κ2) is 5.00. The maximum absolute atomic E-state index is 13.0. The quantitative estimate of drug-likeness (QED) is 0.533. The van der Waals surface area contributed by atoms with Crippen molar-refractivity contribution in [3.05, 3.63) is 35.1 Å². The number of rotatable bonds is 1. The Labute approximate surface area is 144 Å². The molecule has 0 N–H and O–H groups in total. The topological polar surface area (TPSA) is 86.7 Å². The normalized spacial score (nSPS) is 36.3. The second-order valence-electron chi connectivity index (χ2n) is 7.42. The fraction of sp³-hybridized carbons (Fsp3) is 0.474. The number of cyclic esters (lactones) is 1. The van der Waals surface area contributed by atoms with Crippen LogP contribution in [-0.4, -0.2) is 30.1 Å². The first kappa shape index (κ1) is 16.0. The fourth-order valence-corrected chi connectivity index (χ4v) is 4.91. The van der Waals surface area contributed by atoms with Crippen LogP contribution in [0.4, 0.5) is 0 Å². The van der Waals surface area contributed by atoms with Gasteiger partial charge in [-0.3, -0.25) is 19.2 Å². The molecule has 6 nitrogen and oxygen atoms in total. The highest BCUT2D eigenvalue weighted by Crippen LogP contribution is 2.61. The van der Waals surface area contributed by atoms with Crippen molar-refractivity contribution in [2.75, 3.05) is 6.61 Å². The molecule has 25 heavy (non-hydrogen) atoms. The first-order chi connectivity index (χ1) is 11.8. The van der Waals surface area contributed by atoms with Gasteiger partial charge in [-0.25, -0.2) is 0 Å². The Morgan fingerprint density at radius 1 is 1.28 bits per heavy atom. The Morgan fingerprint density at radius 2 is 2.04 bits per heavy atom. The number of Topliss-reactive ketones (excluding diaryl/α,β-unsaturated/α-hetero) is 1. The minimum atomic E-state index is -0.725. The molecule has 0 spiro atoms. The summed E-state index contributed by atoms with van der Waals surface area (Å²) in [4.78, 5) is 49.2. The smallest absolute Gasteiger partial charge is 0.312 e. The highest BCUT2D eigenvalue weighted by Gasteiger charge is 2.63. The summed E-state index contributed by atoms with van der Waals surface area (Å²) >= 11 is 0. The first-order valence-electron chi connectivity index (χ1n) is 8.39. The van der Waals surface area contributed by atoms with E-state index in [0.717, 1.165) is 12.5 Å². The van der Waals surface area contributed by atoms with Crippen LogP contribution in [0.1, 0.15) is 33.1 Å². The van der Waals surface area contributed by atoms with Gasteiger partial charge in [0.05, 0.1) is 5.41 Å². The van der Waals surface area contributed by atoms with E-state index in [2.05, 4.69) is 0 Å². The van der Waals surface area contributed by atoms with Crippen molar-refractivity contribution in [2.24, 2.45) is 16.7 Å². The number of carbonyl (C=O) groups excluding carboxylic acids is 4. The van der Waals surface area contributed by atoms with Crippen molar-refractivity contribution in [1.29, 1.82) is 0 Å². The Hall–Kier alpha value is -2.50. The third-order valence-corrected chi connectivity index (χ3v) is 5.98. The molecule has 0 aromatic heterocycles. The van der Waals surface area contributed by atoms with Crippen molar-refractivity contribution >= 4 is 23.5 Å². The van der Waals surface area contributed by atoms with Gasteiger partial charge in [-0.05, 0) is 19.8 Å². The van der Waals surface area contributed by atoms with Gasteiger partial charge in [0.2, 0.25) is 5.78 Å². The molecule has 130 valence electrons. The maximum atomic E-state index is 13.0. The van der Waals surface area contributed by atoms with E-state index in [1.54, 1.807) is 6.08 Å². The predicted octanol–water partition coefficient (Wildman–Crippen LogP) is 1.80. The lowest BCUT2D eigenvalue weighted by atomic mass is 9.48. The zero-order chi connectivity index (χ0) is 18.0. The first-order valence-corrected chi connectivity index (χ1v) is 8.39. The highest BCUT2D eigenvalue weighted by atomic mass is 16.5. The molecule has 0 unspecified atom stereocenters. The second-order valence-corrected chi connectivity index (χ2v) is 7.42. The molecule has 2 bridgehead atoms. The molecule has 6 heteroatoms. The molecule has 1 aliphatic heterocycles. The van der Waals surface area contributed by atoms with E-state index >= 15 is 0 Å². The molecular weight excluding hydrogens is 324 g/mol. The van der Waals surface area contributed by atoms with Crippen LogP contribution in [0, 0.1) is 16.7 Å². The number of ketones is 2. The molecule has 1 saturated carbocycles. The van der Waals surface area contributed by atoms with E-state index in [-0.39, 0.29) is 30.0 Å². The van der Waals surface area contributed by atoms with Crippen LogP contribution in [0.3, 0.4) is 0 Å². The lowest BCUT2D eigenvalue weighted by Gasteiger charge is -2.56. The number of ether oxygens (including phenoxy) is 2. The summed E-state index contributed by atoms with van der Waals surface area (Å²) in [6.45, 7) is 3.12. The van der Waals surface area contributed by atoms with Crippen LogP contribution in [0.5, 0.6) is 0 Å². The molecular formula is C19H18O6. The van der Waals surface area contributed by atoms with Crippen LogP contribution >= 0.6 is 0 Å². The predicted molar refractivity (Wildman–Crippen MR) is 84.9 cm³/mol. The molecule has 4 aliphatic rings. The molecule has 3 aliphatic carbocycles. The summed E-state index contributed by atoms with van der Waals surface area (Å²) in [7, 11) is 0. The average molecular weight is 342 g/mol. The maximum Gasteiger partial charge on any atom is 0.312 e. The third-order valence-electron chi connectivity index (χ3n) is 5.98. The molecule has 0 radical (unpaired) electrons. The Balaban J connectivity index is 1.86. The summed E-state index contributed by atoms with van der Waals surface area (Å²) in [6.07, 6.45) is 6.69. The van der Waals surface area contributed by atoms with Gasteiger partial charge in [0.25, 0.3) is 0 Å². The van der Waals surface area contributed by atoms with Crippen molar-refractivity contribution < 1.29 is 28.7 Å². The van der Waals surface area contributed by atoms with Crippen LogP contribution in [0.25, 0.3) is 0 Å². The van der Waals surface area contributed by atoms with E-state index in [1.165, 1.54) is 6.92 Å². The number of esters is 2. The largest absolute Gasteiger partial charge is 0.464 e. The Morgan fingerprint density at radius 3 is 2.76 bits per heavy atom. The van der Waals surface area contributed by atoms with Crippen molar-refractivity contribution in [3.8, 4) is 0 Å². The molecule has 4 rings (SSSR count). The number of carbonyl (C=O) groups is 4. The standard InChI is InChI=1S/C19H18O6/c1-10(20)25-13-8-12(21)11-4-5-14-18(2)6-3-7-19(14,9-24-17(18)23)15(11)16(13)22/h4-5,8,14H,3,6-7,9H2,1-2H3/t14-,18-,19+/m0/s1. The fourth-order valence-electron chi connectivity index (χ4n) is 4.91. The van der Waals surface area contributed by atoms with Gasteiger partial charge < -0.3 is 9.47 Å². The summed E-state index contributed by atoms with van der Waals surface area (Å²) in [5.74, 6) is -2.18. The van der Waals surface area contributed by atoms with Gasteiger partial charge in [0.15, 0.2) is 11.5 Å². The summed E-state index contributed by atoms with van der Waals surface area (Å²) in [5.41, 5.74) is -0.781. The highest BCUT2D eigenvalue weighted by molar-refractivity contribution is 6.24. The van der Waals surface area contributed by atoms with Gasteiger partial charge in [0, 0.05) is 35.5 Å². The van der Waals surface area contributed by atoms with E-state index in [0.29, 0.717) is 24.0 Å². The van der Waals surface area contributed by atoms with Gasteiger partial charge in [0.1, 0.15) is 6.61 Å². The van der Waals surface area contributed by atoms with Gasteiger partial charge >= 0.3 is 11.9 Å². The van der Waals surface area contributed by atoms with Crippen LogP contribution in [0.2, 0.25) is 0 Å². The minimum absolute atomic E-state index is 0.0711. The molecule has 3 atom stereocenters. The molecule has 2 fully saturated rings. The molecule has 0 aromatic carbocycles. The molecule has 0 amide bonds. The third kappa shape index (κ3) is 1.97. The van der Waals surface area contributed by atoms with Gasteiger partial charge in [-0.2, -0.15) is 0 Å². The molecule has 0 aromatic rings. The zero-order valence-corrected chi connectivity index (χ0v) is 14.1. The summed E-state index contributed by atoms with van der Waals surface area (Å²) < 4.78 is 10.4. The zero-order valence-electron chi connectivity index (χ0n) is 14.1. The van der Waals surface area contributed by atoms with E-state index < -0.39 is 22.6 Å². The van der Waals surface area contributed by atoms with Crippen LogP contribution in [0.15, 0.2) is 35.1 Å². The summed E-state index contributed by atoms with van der Waals surface area (Å²) in [5, 5.41) is 0. The van der Waals surface area contributed by atoms with E-state index in [9.17, 15) is 19.2 Å². The minimum Gasteiger partial charge on any atom is -0.464 e. The molecule has 1 heterocycles. The van der Waals surface area contributed by atoms with Gasteiger partial charge in [-0.1, -0.05) is 18.6 Å². The van der Waals surface area contributed by atoms with Crippen molar-refractivity contribution in [2.45, 2.75) is 33.1 Å². The monoisotopic (exact) mass is 342 g/mol. The average Bonchev–Trinajstić information content (AvgIpc) is 2.55. The Bertz CT molecular complexity index is 829. The number of allylic oxidation sites excluding steroid dienone is 5. The van der Waals surface area contributed by atoms with Crippen molar-refractivity contribution in [3.63, 3.8) is 0 Å². The van der Waals surface area contributed by atoms with E-state index in [4.69, 9.17) is 9.47 Å².